The second kappa shape index (κ2) is 7.03. The molecule has 2 aliphatic heterocycles. The van der Waals surface area contributed by atoms with E-state index < -0.39 is 24.9 Å². The predicted molar refractivity (Wildman–Crippen MR) is 88.3 cm³/mol. The minimum atomic E-state index is -2.84. The molecule has 1 aromatic rings. The van der Waals surface area contributed by atoms with Crippen molar-refractivity contribution in [3.63, 3.8) is 0 Å². The van der Waals surface area contributed by atoms with Gasteiger partial charge in [0, 0.05) is 25.7 Å². The molecule has 2 saturated heterocycles. The Balaban J connectivity index is 1.58. The van der Waals surface area contributed by atoms with E-state index in [0.29, 0.717) is 25.2 Å². The molecule has 2 aliphatic rings. The number of piperidine rings is 1. The van der Waals surface area contributed by atoms with Gasteiger partial charge in [-0.2, -0.15) is 0 Å². The highest BCUT2D eigenvalue weighted by molar-refractivity contribution is 5.92. The largest absolute Gasteiger partial charge is 0.341 e. The van der Waals surface area contributed by atoms with Crippen LogP contribution in [0.4, 0.5) is 14.6 Å². The second-order valence-corrected chi connectivity index (χ2v) is 6.83. The molecule has 8 heteroatoms. The Labute approximate surface area is 145 Å². The van der Waals surface area contributed by atoms with Gasteiger partial charge in [0.1, 0.15) is 5.82 Å². The molecule has 1 aromatic heterocycles. The Bertz CT molecular complexity index is 651. The molecule has 136 valence electrons. The molecule has 0 aromatic carbocycles. The van der Waals surface area contributed by atoms with E-state index in [1.54, 1.807) is 12.3 Å². The Hall–Kier alpha value is -2.09. The summed E-state index contributed by atoms with van der Waals surface area (Å²) in [6.45, 7) is 2.18. The van der Waals surface area contributed by atoms with Crippen LogP contribution in [0.15, 0.2) is 18.3 Å². The average Bonchev–Trinajstić information content (AvgIpc) is 2.96. The van der Waals surface area contributed by atoms with Gasteiger partial charge in [-0.1, -0.05) is 6.07 Å². The number of anilines is 1. The van der Waals surface area contributed by atoms with Crippen LogP contribution in [0, 0.1) is 12.8 Å². The molecule has 0 saturated carbocycles. The standard InChI is InChI=1S/C17H22F2N4O2/c1-11-4-5-14(20-8-11)22-15(24)12-3-2-6-23(9-12)16(25)13-7-17(18,19)10-21-13/h4-5,8,12-13,21H,2-3,6-7,9-10H2,1H3,(H,20,22,24). The van der Waals surface area contributed by atoms with Crippen LogP contribution in [0.3, 0.4) is 0 Å². The Morgan fingerprint density at radius 2 is 2.20 bits per heavy atom. The molecule has 2 unspecified atom stereocenters. The van der Waals surface area contributed by atoms with E-state index in [9.17, 15) is 18.4 Å². The van der Waals surface area contributed by atoms with Gasteiger partial charge in [0.05, 0.1) is 18.5 Å². The monoisotopic (exact) mass is 352 g/mol. The van der Waals surface area contributed by atoms with E-state index in [0.717, 1.165) is 5.56 Å². The summed E-state index contributed by atoms with van der Waals surface area (Å²) in [4.78, 5) is 30.5. The van der Waals surface area contributed by atoms with Crippen molar-refractivity contribution in [2.24, 2.45) is 5.92 Å². The maximum atomic E-state index is 13.3. The van der Waals surface area contributed by atoms with Gasteiger partial charge in [0.25, 0.3) is 5.92 Å². The molecule has 0 radical (unpaired) electrons. The normalized spacial score (nSPS) is 25.6. The third kappa shape index (κ3) is 4.31. The number of halogens is 2. The number of nitrogens with zero attached hydrogens (tertiary/aromatic N) is 2. The summed E-state index contributed by atoms with van der Waals surface area (Å²) < 4.78 is 26.6. The number of likely N-dealkylation sites (tertiary alicyclic amines) is 1. The molecule has 3 heterocycles. The van der Waals surface area contributed by atoms with Crippen molar-refractivity contribution in [2.45, 2.75) is 38.2 Å². The van der Waals surface area contributed by atoms with E-state index in [-0.39, 0.29) is 24.3 Å². The fourth-order valence-electron chi connectivity index (χ4n) is 3.27. The summed E-state index contributed by atoms with van der Waals surface area (Å²) in [5.74, 6) is -3.27. The van der Waals surface area contributed by atoms with E-state index in [1.165, 1.54) is 4.90 Å². The van der Waals surface area contributed by atoms with Gasteiger partial charge in [-0.05, 0) is 31.4 Å². The van der Waals surface area contributed by atoms with E-state index >= 15 is 0 Å². The molecule has 3 rings (SSSR count). The summed E-state index contributed by atoms with van der Waals surface area (Å²) in [5.41, 5.74) is 0.994. The lowest BCUT2D eigenvalue weighted by Gasteiger charge is -2.33. The zero-order valence-corrected chi connectivity index (χ0v) is 14.1. The fraction of sp³-hybridized carbons (Fsp3) is 0.588. The molecule has 0 spiro atoms. The highest BCUT2D eigenvalue weighted by Gasteiger charge is 2.44. The highest BCUT2D eigenvalue weighted by atomic mass is 19.3. The van der Waals surface area contributed by atoms with Crippen LogP contribution in [0.25, 0.3) is 0 Å². The van der Waals surface area contributed by atoms with Crippen LogP contribution in [-0.4, -0.2) is 53.3 Å². The maximum absolute atomic E-state index is 13.3. The molecule has 2 amide bonds. The first-order valence-corrected chi connectivity index (χ1v) is 8.47. The Kier molecular flexibility index (Phi) is 4.99. The Morgan fingerprint density at radius 3 is 2.84 bits per heavy atom. The number of alkyl halides is 2. The number of carbonyl (C=O) groups is 2. The first-order chi connectivity index (χ1) is 11.8. The maximum Gasteiger partial charge on any atom is 0.262 e. The van der Waals surface area contributed by atoms with Gasteiger partial charge >= 0.3 is 0 Å². The number of aromatic nitrogens is 1. The van der Waals surface area contributed by atoms with Crippen LogP contribution in [-0.2, 0) is 9.59 Å². The molecule has 2 N–H and O–H groups in total. The smallest absolute Gasteiger partial charge is 0.262 e. The van der Waals surface area contributed by atoms with Crippen LogP contribution >= 0.6 is 0 Å². The predicted octanol–water partition coefficient (Wildman–Crippen LogP) is 1.56. The molecule has 25 heavy (non-hydrogen) atoms. The number of amides is 2. The Morgan fingerprint density at radius 1 is 1.40 bits per heavy atom. The van der Waals surface area contributed by atoms with E-state index in [1.807, 2.05) is 13.0 Å². The van der Waals surface area contributed by atoms with Crippen molar-refractivity contribution in [1.82, 2.24) is 15.2 Å². The topological polar surface area (TPSA) is 74.3 Å². The molecular weight excluding hydrogens is 330 g/mol. The lowest BCUT2D eigenvalue weighted by atomic mass is 9.96. The minimum Gasteiger partial charge on any atom is -0.341 e. The van der Waals surface area contributed by atoms with Crippen LogP contribution in [0.2, 0.25) is 0 Å². The van der Waals surface area contributed by atoms with Crippen molar-refractivity contribution in [2.75, 3.05) is 25.0 Å². The molecule has 6 nitrogen and oxygen atoms in total. The zero-order valence-electron chi connectivity index (χ0n) is 14.1. The van der Waals surface area contributed by atoms with Crippen LogP contribution in [0.5, 0.6) is 0 Å². The lowest BCUT2D eigenvalue weighted by molar-refractivity contribution is -0.136. The molecule has 0 aliphatic carbocycles. The molecule has 0 bridgehead atoms. The van der Waals surface area contributed by atoms with Gasteiger partial charge in [-0.15, -0.1) is 0 Å². The fourth-order valence-corrected chi connectivity index (χ4v) is 3.27. The number of rotatable bonds is 3. The summed E-state index contributed by atoms with van der Waals surface area (Å²) in [5, 5.41) is 5.34. The number of hydrogen-bond acceptors (Lipinski definition) is 4. The number of carbonyl (C=O) groups excluding carboxylic acids is 2. The summed E-state index contributed by atoms with van der Waals surface area (Å²) >= 11 is 0. The van der Waals surface area contributed by atoms with Crippen molar-refractivity contribution < 1.29 is 18.4 Å². The number of pyridine rings is 1. The molecule has 2 atom stereocenters. The summed E-state index contributed by atoms with van der Waals surface area (Å²) in [6.07, 6.45) is 2.52. The first-order valence-electron chi connectivity index (χ1n) is 8.47. The lowest BCUT2D eigenvalue weighted by Crippen LogP contribution is -2.49. The van der Waals surface area contributed by atoms with Crippen molar-refractivity contribution in [3.8, 4) is 0 Å². The third-order valence-corrected chi connectivity index (χ3v) is 4.67. The van der Waals surface area contributed by atoms with E-state index in [4.69, 9.17) is 0 Å². The number of aryl methyl sites for hydroxylation is 1. The number of hydrogen-bond donors (Lipinski definition) is 2. The van der Waals surface area contributed by atoms with Crippen LogP contribution in [0.1, 0.15) is 24.8 Å². The van der Waals surface area contributed by atoms with Gasteiger partial charge in [0.15, 0.2) is 0 Å². The molecular formula is C17H22F2N4O2. The van der Waals surface area contributed by atoms with Crippen molar-refractivity contribution in [3.05, 3.63) is 23.9 Å². The van der Waals surface area contributed by atoms with Gasteiger partial charge in [-0.25, -0.2) is 13.8 Å². The average molecular weight is 352 g/mol. The van der Waals surface area contributed by atoms with E-state index in [2.05, 4.69) is 15.6 Å². The third-order valence-electron chi connectivity index (χ3n) is 4.67. The minimum absolute atomic E-state index is 0.196. The number of nitrogens with one attached hydrogen (secondary N) is 2. The second-order valence-electron chi connectivity index (χ2n) is 6.83. The van der Waals surface area contributed by atoms with Crippen molar-refractivity contribution in [1.29, 1.82) is 0 Å². The first kappa shape index (κ1) is 17.7. The van der Waals surface area contributed by atoms with Gasteiger partial charge in [-0.3, -0.25) is 14.9 Å². The highest BCUT2D eigenvalue weighted by Crippen LogP contribution is 2.27. The van der Waals surface area contributed by atoms with Gasteiger partial charge in [0.2, 0.25) is 11.8 Å². The summed E-state index contributed by atoms with van der Waals surface area (Å²) in [7, 11) is 0. The molecule has 2 fully saturated rings. The SMILES string of the molecule is Cc1ccc(NC(=O)C2CCCN(C(=O)C3CC(F)(F)CN3)C2)nc1. The quantitative estimate of drug-likeness (QED) is 0.866. The van der Waals surface area contributed by atoms with Crippen LogP contribution < -0.4 is 10.6 Å². The van der Waals surface area contributed by atoms with Crippen molar-refractivity contribution >= 4 is 17.6 Å². The zero-order chi connectivity index (χ0) is 18.0. The van der Waals surface area contributed by atoms with Gasteiger partial charge < -0.3 is 10.2 Å². The summed E-state index contributed by atoms with van der Waals surface area (Å²) in [6, 6.07) is 2.71.